The summed E-state index contributed by atoms with van der Waals surface area (Å²) in [5.74, 6) is -0.832. The summed E-state index contributed by atoms with van der Waals surface area (Å²) in [6.45, 7) is 2.79. The van der Waals surface area contributed by atoms with Crippen molar-refractivity contribution in [1.29, 1.82) is 0 Å². The molecule has 6 rings (SSSR count). The zero-order chi connectivity index (χ0) is 31.3. The maximum Gasteiger partial charge on any atom is 0.282 e. The average Bonchev–Trinajstić information content (AvgIpc) is 3.60. The number of thiazole rings is 1. The molecule has 1 fully saturated rings. The number of amides is 2. The van der Waals surface area contributed by atoms with Crippen LogP contribution in [0.3, 0.4) is 0 Å². The molecule has 0 aliphatic carbocycles. The van der Waals surface area contributed by atoms with Crippen LogP contribution in [0.1, 0.15) is 50.0 Å². The fourth-order valence-corrected chi connectivity index (χ4v) is 7.20. The van der Waals surface area contributed by atoms with Crippen LogP contribution >= 0.6 is 11.3 Å². The molecule has 12 heteroatoms. The molecule has 0 unspecified atom stereocenters. The molecule has 228 valence electrons. The minimum Gasteiger partial charge on any atom is -0.455 e. The van der Waals surface area contributed by atoms with Gasteiger partial charge in [-0.05, 0) is 49.6 Å². The predicted molar refractivity (Wildman–Crippen MR) is 170 cm³/mol. The molecule has 1 N–H and O–H groups in total. The first-order valence-corrected chi connectivity index (χ1v) is 16.8. The molecule has 0 spiro atoms. The fraction of sp³-hybridized carbons (Fsp3) is 0.281. The van der Waals surface area contributed by atoms with Crippen LogP contribution in [0.5, 0.6) is 0 Å². The highest BCUT2D eigenvalue weighted by atomic mass is 32.2. The molecule has 0 bridgehead atoms. The molecule has 44 heavy (non-hydrogen) atoms. The van der Waals surface area contributed by atoms with Gasteiger partial charge in [0, 0.05) is 50.1 Å². The molecule has 0 saturated carbocycles. The second-order valence-corrected chi connectivity index (χ2v) is 14.2. The number of anilines is 1. The number of aryl methyl sites for hydroxylation is 1. The summed E-state index contributed by atoms with van der Waals surface area (Å²) in [4.78, 5) is 33.0. The van der Waals surface area contributed by atoms with Gasteiger partial charge in [0.05, 0.1) is 27.7 Å². The van der Waals surface area contributed by atoms with Crippen LogP contribution in [-0.4, -0.2) is 63.6 Å². The molecular formula is C32H31FN4O5S2. The molecule has 3 heterocycles. The lowest BCUT2D eigenvalue weighted by atomic mass is 9.88. The number of hydrogen-bond acceptors (Lipinski definition) is 7. The average molecular weight is 635 g/mol. The number of carbonyl (C=O) groups is 2. The van der Waals surface area contributed by atoms with Crippen LogP contribution in [-0.2, 0) is 10.0 Å². The molecular weight excluding hydrogens is 604 g/mol. The molecule has 1 aliphatic heterocycles. The van der Waals surface area contributed by atoms with Gasteiger partial charge in [-0.2, -0.15) is 0 Å². The third kappa shape index (κ3) is 5.43. The van der Waals surface area contributed by atoms with Crippen molar-refractivity contribution >= 4 is 60.0 Å². The van der Waals surface area contributed by atoms with Crippen LogP contribution in [0, 0.1) is 12.7 Å². The van der Waals surface area contributed by atoms with E-state index in [0.717, 1.165) is 28.7 Å². The number of rotatable bonds is 6. The molecule has 2 aromatic heterocycles. The van der Waals surface area contributed by atoms with Gasteiger partial charge in [-0.3, -0.25) is 13.9 Å². The zero-order valence-corrected chi connectivity index (χ0v) is 26.3. The van der Waals surface area contributed by atoms with Gasteiger partial charge >= 0.3 is 0 Å². The lowest BCUT2D eigenvalue weighted by Gasteiger charge is -2.34. The van der Waals surface area contributed by atoms with Crippen LogP contribution in [0.15, 0.2) is 59.0 Å². The highest BCUT2D eigenvalue weighted by molar-refractivity contribution is 7.92. The summed E-state index contributed by atoms with van der Waals surface area (Å²) < 4.78 is 47.4. The van der Waals surface area contributed by atoms with Crippen molar-refractivity contribution < 1.29 is 26.8 Å². The van der Waals surface area contributed by atoms with Crippen molar-refractivity contribution in [1.82, 2.24) is 15.2 Å². The number of sulfonamides is 1. The SMILES string of the molecule is CNC(=O)c1c(-c2ccc(C)cc2)oc2cc(N(C)S(C)(=O)=O)c([C@H]3CCCN(C(=O)c4nc5ccc(F)cc5s4)C3)cc12. The van der Waals surface area contributed by atoms with Crippen molar-refractivity contribution in [3.05, 3.63) is 82.1 Å². The number of halogens is 1. The van der Waals surface area contributed by atoms with Gasteiger partial charge in [-0.1, -0.05) is 29.8 Å². The van der Waals surface area contributed by atoms with E-state index in [0.29, 0.717) is 69.7 Å². The number of benzene rings is 3. The Balaban J connectivity index is 1.45. The molecule has 2 amide bonds. The van der Waals surface area contributed by atoms with E-state index in [1.165, 1.54) is 23.5 Å². The summed E-state index contributed by atoms with van der Waals surface area (Å²) in [6.07, 6.45) is 2.50. The van der Waals surface area contributed by atoms with Crippen LogP contribution in [0.4, 0.5) is 10.1 Å². The number of nitrogens with zero attached hydrogens (tertiary/aromatic N) is 3. The van der Waals surface area contributed by atoms with E-state index < -0.39 is 15.8 Å². The lowest BCUT2D eigenvalue weighted by Crippen LogP contribution is -2.39. The minimum absolute atomic E-state index is 0.238. The third-order valence-electron chi connectivity index (χ3n) is 8.12. The number of furan rings is 1. The van der Waals surface area contributed by atoms with E-state index in [1.54, 1.807) is 24.1 Å². The molecule has 9 nitrogen and oxygen atoms in total. The van der Waals surface area contributed by atoms with Crippen LogP contribution in [0.2, 0.25) is 0 Å². The maximum atomic E-state index is 13.8. The Hall–Kier alpha value is -4.29. The van der Waals surface area contributed by atoms with Crippen LogP contribution < -0.4 is 9.62 Å². The smallest absolute Gasteiger partial charge is 0.282 e. The largest absolute Gasteiger partial charge is 0.455 e. The number of nitrogens with one attached hydrogen (secondary N) is 1. The van der Waals surface area contributed by atoms with E-state index in [1.807, 2.05) is 37.3 Å². The molecule has 0 radical (unpaired) electrons. The monoisotopic (exact) mass is 634 g/mol. The molecule has 1 aliphatic rings. The van der Waals surface area contributed by atoms with Crippen molar-refractivity contribution in [2.45, 2.75) is 25.7 Å². The van der Waals surface area contributed by atoms with Gasteiger partial charge in [0.25, 0.3) is 11.8 Å². The van der Waals surface area contributed by atoms with Gasteiger partial charge in [-0.25, -0.2) is 17.8 Å². The first-order valence-electron chi connectivity index (χ1n) is 14.1. The highest BCUT2D eigenvalue weighted by Gasteiger charge is 2.32. The maximum absolute atomic E-state index is 13.8. The standard InChI is InChI=1S/C32H31FN4O5S2/c1-18-7-9-19(10-8-18)29-28(30(38)34-2)23-15-22(25(16-26(23)42-29)36(3)44(4,40)41)20-6-5-13-37(17-20)32(39)31-35-24-12-11-21(33)14-27(24)43-31/h7-12,14-16,20H,5-6,13,17H2,1-4H3,(H,34,38)/t20-/m0/s1. The first-order chi connectivity index (χ1) is 20.9. The second kappa shape index (κ2) is 11.3. The Morgan fingerprint density at radius 3 is 2.59 bits per heavy atom. The summed E-state index contributed by atoms with van der Waals surface area (Å²) in [7, 11) is -0.634. The fourth-order valence-electron chi connectivity index (χ4n) is 5.73. The number of piperidine rings is 1. The second-order valence-electron chi connectivity index (χ2n) is 11.1. The van der Waals surface area contributed by atoms with E-state index in [9.17, 15) is 22.4 Å². The number of aromatic nitrogens is 1. The summed E-state index contributed by atoms with van der Waals surface area (Å²) in [6, 6.07) is 15.4. The van der Waals surface area contributed by atoms with Crippen molar-refractivity contribution in [3.8, 4) is 11.3 Å². The molecule has 1 saturated heterocycles. The van der Waals surface area contributed by atoms with E-state index in [4.69, 9.17) is 4.42 Å². The van der Waals surface area contributed by atoms with E-state index in [2.05, 4.69) is 10.3 Å². The zero-order valence-electron chi connectivity index (χ0n) is 24.7. The minimum atomic E-state index is -3.67. The topological polar surface area (TPSA) is 113 Å². The summed E-state index contributed by atoms with van der Waals surface area (Å²) in [5, 5.41) is 3.53. The number of carbonyl (C=O) groups excluding carboxylic acids is 2. The van der Waals surface area contributed by atoms with Crippen molar-refractivity contribution in [2.75, 3.05) is 37.7 Å². The number of likely N-dealkylation sites (tertiary alicyclic amines) is 1. The summed E-state index contributed by atoms with van der Waals surface area (Å²) in [5.41, 5.74) is 4.17. The Kier molecular flexibility index (Phi) is 7.66. The van der Waals surface area contributed by atoms with Crippen molar-refractivity contribution in [3.63, 3.8) is 0 Å². The van der Waals surface area contributed by atoms with E-state index >= 15 is 0 Å². The lowest BCUT2D eigenvalue weighted by molar-refractivity contribution is 0.0707. The normalized spacial score (nSPS) is 15.6. The Morgan fingerprint density at radius 2 is 1.89 bits per heavy atom. The Bertz CT molecular complexity index is 2040. The van der Waals surface area contributed by atoms with Gasteiger partial charge in [0.2, 0.25) is 10.0 Å². The van der Waals surface area contributed by atoms with Crippen LogP contribution in [0.25, 0.3) is 32.5 Å². The molecule has 3 aromatic carbocycles. The predicted octanol–water partition coefficient (Wildman–Crippen LogP) is 5.93. The molecule has 1 atom stereocenters. The van der Waals surface area contributed by atoms with Gasteiger partial charge in [-0.15, -0.1) is 11.3 Å². The number of fused-ring (bicyclic) bond motifs is 2. The third-order valence-corrected chi connectivity index (χ3v) is 10.3. The quantitative estimate of drug-likeness (QED) is 0.248. The Morgan fingerprint density at radius 1 is 1.14 bits per heavy atom. The van der Waals surface area contributed by atoms with Gasteiger partial charge in [0.15, 0.2) is 5.01 Å². The highest BCUT2D eigenvalue weighted by Crippen LogP contribution is 2.42. The summed E-state index contributed by atoms with van der Waals surface area (Å²) >= 11 is 1.15. The first kappa shape index (κ1) is 29.8. The van der Waals surface area contributed by atoms with Crippen molar-refractivity contribution in [2.24, 2.45) is 0 Å². The van der Waals surface area contributed by atoms with Gasteiger partial charge < -0.3 is 14.6 Å². The van der Waals surface area contributed by atoms with E-state index in [-0.39, 0.29) is 22.7 Å². The number of hydrogen-bond donors (Lipinski definition) is 1. The molecule has 5 aromatic rings. The Labute approximate surface area is 258 Å². The van der Waals surface area contributed by atoms with Gasteiger partial charge in [0.1, 0.15) is 17.2 Å².